The number of carbonyl (C=O) groups is 1. The minimum atomic E-state index is -3.73. The van der Waals surface area contributed by atoms with Crippen LogP contribution in [0.1, 0.15) is 0 Å². The molecule has 0 saturated heterocycles. The number of carbonyl (C=O) groups excluding carboxylic acids is 1. The van der Waals surface area contributed by atoms with E-state index in [1.165, 1.54) is 24.3 Å². The largest absolute Gasteiger partial charge is 0.484 e. The van der Waals surface area contributed by atoms with Crippen molar-refractivity contribution in [3.8, 4) is 5.75 Å². The van der Waals surface area contributed by atoms with Crippen molar-refractivity contribution in [1.82, 2.24) is 0 Å². The molecule has 9 heteroatoms. The summed E-state index contributed by atoms with van der Waals surface area (Å²) in [5, 5.41) is 3.20. The van der Waals surface area contributed by atoms with E-state index in [0.717, 1.165) is 0 Å². The molecule has 0 bridgehead atoms. The smallest absolute Gasteiger partial charge is 0.262 e. The first-order valence-corrected chi connectivity index (χ1v) is 10.6. The molecule has 3 aromatic carbocycles. The molecule has 0 atom stereocenters. The molecule has 0 heterocycles. The standard InChI is InChI=1S/C20H16Cl2N2O4S/c21-17-7-4-8-18(22)20(17)23-19(25)13-28-15-9-11-16(12-10-15)29(26,27)24-14-5-2-1-3-6-14/h1-12,24H,13H2,(H,23,25). The van der Waals surface area contributed by atoms with Gasteiger partial charge in [-0.05, 0) is 48.5 Å². The first-order chi connectivity index (χ1) is 13.8. The SMILES string of the molecule is O=C(COc1ccc(S(=O)(=O)Nc2ccccc2)cc1)Nc1c(Cl)cccc1Cl. The van der Waals surface area contributed by atoms with Gasteiger partial charge in [0.05, 0.1) is 20.6 Å². The van der Waals surface area contributed by atoms with Gasteiger partial charge in [-0.2, -0.15) is 0 Å². The fourth-order valence-corrected chi connectivity index (χ4v) is 3.93. The zero-order valence-electron chi connectivity index (χ0n) is 14.9. The Morgan fingerprint density at radius 2 is 1.48 bits per heavy atom. The lowest BCUT2D eigenvalue weighted by Gasteiger charge is -2.11. The van der Waals surface area contributed by atoms with Crippen LogP contribution in [0.2, 0.25) is 10.0 Å². The molecule has 6 nitrogen and oxygen atoms in total. The van der Waals surface area contributed by atoms with Crippen LogP contribution >= 0.6 is 23.2 Å². The molecular formula is C20H16Cl2N2O4S. The Bertz CT molecular complexity index is 1080. The third kappa shape index (κ3) is 5.63. The Morgan fingerprint density at radius 3 is 2.10 bits per heavy atom. The molecule has 0 aromatic heterocycles. The fourth-order valence-electron chi connectivity index (χ4n) is 2.38. The van der Waals surface area contributed by atoms with Gasteiger partial charge in [0.2, 0.25) is 0 Å². The first-order valence-electron chi connectivity index (χ1n) is 8.40. The van der Waals surface area contributed by atoms with E-state index >= 15 is 0 Å². The second kappa shape index (κ2) is 9.17. The van der Waals surface area contributed by atoms with Crippen LogP contribution in [0.5, 0.6) is 5.75 Å². The third-order valence-corrected chi connectivity index (χ3v) is 5.78. The van der Waals surface area contributed by atoms with Gasteiger partial charge in [0.1, 0.15) is 5.75 Å². The van der Waals surface area contributed by atoms with Crippen LogP contribution in [0.3, 0.4) is 0 Å². The molecule has 0 unspecified atom stereocenters. The number of hydrogen-bond acceptors (Lipinski definition) is 4. The van der Waals surface area contributed by atoms with Gasteiger partial charge < -0.3 is 10.1 Å². The molecule has 0 radical (unpaired) electrons. The van der Waals surface area contributed by atoms with Crippen LogP contribution in [0.4, 0.5) is 11.4 Å². The molecule has 150 valence electrons. The summed E-state index contributed by atoms with van der Waals surface area (Å²) >= 11 is 12.0. The van der Waals surface area contributed by atoms with Crippen molar-refractivity contribution in [2.75, 3.05) is 16.6 Å². The van der Waals surface area contributed by atoms with Gasteiger partial charge in [-0.1, -0.05) is 47.5 Å². The highest BCUT2D eigenvalue weighted by atomic mass is 35.5. The van der Waals surface area contributed by atoms with Gasteiger partial charge in [0, 0.05) is 5.69 Å². The van der Waals surface area contributed by atoms with E-state index < -0.39 is 15.9 Å². The lowest BCUT2D eigenvalue weighted by atomic mass is 10.3. The zero-order valence-corrected chi connectivity index (χ0v) is 17.3. The second-order valence-corrected chi connectivity index (χ2v) is 8.37. The predicted octanol–water partition coefficient (Wildman–Crippen LogP) is 4.81. The van der Waals surface area contributed by atoms with Crippen molar-refractivity contribution in [2.24, 2.45) is 0 Å². The van der Waals surface area contributed by atoms with Gasteiger partial charge in [0.25, 0.3) is 15.9 Å². The van der Waals surface area contributed by atoms with Crippen molar-refractivity contribution in [3.05, 3.63) is 82.8 Å². The number of anilines is 2. The van der Waals surface area contributed by atoms with Crippen molar-refractivity contribution in [2.45, 2.75) is 4.90 Å². The Morgan fingerprint density at radius 1 is 0.862 bits per heavy atom. The molecule has 1 amide bonds. The number of para-hydroxylation sites is 2. The monoisotopic (exact) mass is 450 g/mol. The summed E-state index contributed by atoms with van der Waals surface area (Å²) in [4.78, 5) is 12.1. The Kier molecular flexibility index (Phi) is 6.64. The van der Waals surface area contributed by atoms with Crippen molar-refractivity contribution in [1.29, 1.82) is 0 Å². The number of amides is 1. The van der Waals surface area contributed by atoms with Gasteiger partial charge in [-0.3, -0.25) is 9.52 Å². The maximum Gasteiger partial charge on any atom is 0.262 e. The van der Waals surface area contributed by atoms with Crippen LogP contribution in [-0.2, 0) is 14.8 Å². The minimum absolute atomic E-state index is 0.0704. The number of ether oxygens (including phenoxy) is 1. The van der Waals surface area contributed by atoms with E-state index in [0.29, 0.717) is 27.2 Å². The molecule has 29 heavy (non-hydrogen) atoms. The molecular weight excluding hydrogens is 435 g/mol. The predicted molar refractivity (Wildman–Crippen MR) is 114 cm³/mol. The van der Waals surface area contributed by atoms with Gasteiger partial charge >= 0.3 is 0 Å². The highest BCUT2D eigenvalue weighted by molar-refractivity contribution is 7.92. The number of sulfonamides is 1. The fraction of sp³-hybridized carbons (Fsp3) is 0.0500. The first kappa shape index (κ1) is 21.0. The third-order valence-electron chi connectivity index (χ3n) is 3.76. The second-order valence-electron chi connectivity index (χ2n) is 5.88. The molecule has 0 aliphatic heterocycles. The van der Waals surface area contributed by atoms with E-state index in [9.17, 15) is 13.2 Å². The Balaban J connectivity index is 1.60. The minimum Gasteiger partial charge on any atom is -0.484 e. The lowest BCUT2D eigenvalue weighted by Crippen LogP contribution is -2.20. The van der Waals surface area contributed by atoms with E-state index in [1.807, 2.05) is 0 Å². The summed E-state index contributed by atoms with van der Waals surface area (Å²) in [7, 11) is -3.73. The average molecular weight is 451 g/mol. The van der Waals surface area contributed by atoms with Crippen molar-refractivity contribution in [3.63, 3.8) is 0 Å². The Hall–Kier alpha value is -2.74. The number of benzene rings is 3. The summed E-state index contributed by atoms with van der Waals surface area (Å²) < 4.78 is 32.7. The van der Waals surface area contributed by atoms with Crippen LogP contribution < -0.4 is 14.8 Å². The zero-order chi connectivity index (χ0) is 20.9. The van der Waals surface area contributed by atoms with E-state index in [4.69, 9.17) is 27.9 Å². The number of rotatable bonds is 7. The molecule has 0 aliphatic carbocycles. The summed E-state index contributed by atoms with van der Waals surface area (Å²) in [5.41, 5.74) is 0.764. The molecule has 2 N–H and O–H groups in total. The lowest BCUT2D eigenvalue weighted by molar-refractivity contribution is -0.118. The van der Waals surface area contributed by atoms with E-state index in [2.05, 4.69) is 10.0 Å². The maximum atomic E-state index is 12.4. The number of halogens is 2. The molecule has 3 rings (SSSR count). The van der Waals surface area contributed by atoms with Crippen LogP contribution in [0.15, 0.2) is 77.7 Å². The summed E-state index contributed by atoms with van der Waals surface area (Å²) in [6.45, 7) is -0.296. The van der Waals surface area contributed by atoms with E-state index in [-0.39, 0.29) is 11.5 Å². The van der Waals surface area contributed by atoms with Crippen LogP contribution in [0.25, 0.3) is 0 Å². The Labute approximate surface area is 178 Å². The van der Waals surface area contributed by atoms with Gasteiger partial charge in [0.15, 0.2) is 6.61 Å². The molecule has 0 fully saturated rings. The van der Waals surface area contributed by atoms with Crippen molar-refractivity contribution < 1.29 is 17.9 Å². The normalized spacial score (nSPS) is 11.0. The summed E-state index contributed by atoms with van der Waals surface area (Å²) in [6, 6.07) is 19.2. The van der Waals surface area contributed by atoms with Crippen LogP contribution in [0, 0.1) is 0 Å². The van der Waals surface area contributed by atoms with Crippen LogP contribution in [-0.4, -0.2) is 20.9 Å². The summed E-state index contributed by atoms with van der Waals surface area (Å²) in [5.74, 6) is -0.119. The highest BCUT2D eigenvalue weighted by Crippen LogP contribution is 2.29. The maximum absolute atomic E-state index is 12.4. The quantitative estimate of drug-likeness (QED) is 0.540. The van der Waals surface area contributed by atoms with Gasteiger partial charge in [-0.15, -0.1) is 0 Å². The topological polar surface area (TPSA) is 84.5 Å². The molecule has 0 spiro atoms. The molecule has 3 aromatic rings. The average Bonchev–Trinajstić information content (AvgIpc) is 2.70. The number of hydrogen-bond donors (Lipinski definition) is 2. The van der Waals surface area contributed by atoms with E-state index in [1.54, 1.807) is 48.5 Å². The number of nitrogens with one attached hydrogen (secondary N) is 2. The highest BCUT2D eigenvalue weighted by Gasteiger charge is 2.15. The van der Waals surface area contributed by atoms with Gasteiger partial charge in [-0.25, -0.2) is 8.42 Å². The molecule has 0 saturated carbocycles. The molecule has 0 aliphatic rings. The van der Waals surface area contributed by atoms with Crippen molar-refractivity contribution >= 4 is 50.5 Å². The summed E-state index contributed by atoms with van der Waals surface area (Å²) in [6.07, 6.45) is 0.